The van der Waals surface area contributed by atoms with Crippen LogP contribution in [0.5, 0.6) is 0 Å². The molecule has 1 atom stereocenters. The van der Waals surface area contributed by atoms with Gasteiger partial charge in [-0.3, -0.25) is 0 Å². The van der Waals surface area contributed by atoms with E-state index in [-0.39, 0.29) is 6.04 Å². The van der Waals surface area contributed by atoms with Gasteiger partial charge < -0.3 is 14.6 Å². The smallest absolute Gasteiger partial charge is 0.149 e. The first-order valence-corrected chi connectivity index (χ1v) is 7.09. The third kappa shape index (κ3) is 2.97. The van der Waals surface area contributed by atoms with Crippen molar-refractivity contribution in [1.82, 2.24) is 30.4 Å². The second kappa shape index (κ2) is 6.63. The van der Waals surface area contributed by atoms with Crippen LogP contribution in [0.4, 0.5) is 0 Å². The van der Waals surface area contributed by atoms with Crippen molar-refractivity contribution in [3.8, 4) is 0 Å². The minimum atomic E-state index is 0.0504. The summed E-state index contributed by atoms with van der Waals surface area (Å²) >= 11 is 0. The zero-order chi connectivity index (χ0) is 15.4. The molecule has 0 amide bonds. The Hall–Kier alpha value is -2.32. The normalized spacial score (nSPS) is 12.8. The van der Waals surface area contributed by atoms with Crippen molar-refractivity contribution in [3.05, 3.63) is 35.9 Å². The second-order valence-corrected chi connectivity index (χ2v) is 5.03. The lowest BCUT2D eigenvalue weighted by Gasteiger charge is -2.14. The molecule has 2 heterocycles. The summed E-state index contributed by atoms with van der Waals surface area (Å²) in [6.45, 7) is 4.05. The van der Waals surface area contributed by atoms with Gasteiger partial charge in [-0.15, -0.1) is 10.2 Å². The van der Waals surface area contributed by atoms with Gasteiger partial charge in [-0.1, -0.05) is 12.1 Å². The quantitative estimate of drug-likeness (QED) is 0.703. The van der Waals surface area contributed by atoms with Crippen LogP contribution in [-0.2, 0) is 17.8 Å². The SMILES string of the molecule is COCCn1cnnc1C(C)NCc1cccc2nonc12. The van der Waals surface area contributed by atoms with Crippen LogP contribution in [0, 0.1) is 0 Å². The largest absolute Gasteiger partial charge is 0.383 e. The van der Waals surface area contributed by atoms with E-state index in [1.807, 2.05) is 22.8 Å². The number of aromatic nitrogens is 5. The highest BCUT2D eigenvalue weighted by molar-refractivity contribution is 5.76. The van der Waals surface area contributed by atoms with Crippen LogP contribution in [0.25, 0.3) is 11.0 Å². The average molecular weight is 302 g/mol. The minimum absolute atomic E-state index is 0.0504. The molecule has 3 rings (SSSR count). The molecule has 8 heteroatoms. The molecule has 0 aliphatic carbocycles. The Bertz CT molecular complexity index is 738. The summed E-state index contributed by atoms with van der Waals surface area (Å²) in [5, 5.41) is 19.4. The number of fused-ring (bicyclic) bond motifs is 1. The third-order valence-corrected chi connectivity index (χ3v) is 3.54. The number of ether oxygens (including phenoxy) is 1. The van der Waals surface area contributed by atoms with Crippen molar-refractivity contribution in [2.24, 2.45) is 0 Å². The lowest BCUT2D eigenvalue weighted by Crippen LogP contribution is -2.22. The summed E-state index contributed by atoms with van der Waals surface area (Å²) in [6, 6.07) is 5.87. The lowest BCUT2D eigenvalue weighted by molar-refractivity contribution is 0.185. The van der Waals surface area contributed by atoms with Crippen molar-refractivity contribution in [2.45, 2.75) is 26.1 Å². The second-order valence-electron chi connectivity index (χ2n) is 5.03. The van der Waals surface area contributed by atoms with E-state index in [1.165, 1.54) is 0 Å². The Morgan fingerprint density at radius 3 is 3.14 bits per heavy atom. The molecule has 3 aromatic rings. The van der Waals surface area contributed by atoms with Crippen molar-refractivity contribution >= 4 is 11.0 Å². The van der Waals surface area contributed by atoms with E-state index in [2.05, 4.69) is 32.8 Å². The zero-order valence-corrected chi connectivity index (χ0v) is 12.6. The molecule has 2 aromatic heterocycles. The fraction of sp³-hybridized carbons (Fsp3) is 0.429. The highest BCUT2D eigenvalue weighted by Gasteiger charge is 2.14. The Kier molecular flexibility index (Phi) is 4.40. The van der Waals surface area contributed by atoms with Crippen LogP contribution in [0.1, 0.15) is 24.4 Å². The number of nitrogens with zero attached hydrogens (tertiary/aromatic N) is 5. The van der Waals surface area contributed by atoms with E-state index in [9.17, 15) is 0 Å². The predicted octanol–water partition coefficient (Wildman–Crippen LogP) is 1.31. The van der Waals surface area contributed by atoms with E-state index < -0.39 is 0 Å². The van der Waals surface area contributed by atoms with E-state index in [1.54, 1.807) is 13.4 Å². The molecule has 0 saturated heterocycles. The molecular weight excluding hydrogens is 284 g/mol. The zero-order valence-electron chi connectivity index (χ0n) is 12.6. The van der Waals surface area contributed by atoms with Crippen LogP contribution in [0.3, 0.4) is 0 Å². The van der Waals surface area contributed by atoms with Crippen LogP contribution in [0.2, 0.25) is 0 Å². The van der Waals surface area contributed by atoms with E-state index in [0.29, 0.717) is 13.2 Å². The van der Waals surface area contributed by atoms with Crippen molar-refractivity contribution in [3.63, 3.8) is 0 Å². The molecule has 0 saturated carbocycles. The van der Waals surface area contributed by atoms with E-state index in [4.69, 9.17) is 9.37 Å². The van der Waals surface area contributed by atoms with Crippen molar-refractivity contribution in [2.75, 3.05) is 13.7 Å². The number of benzene rings is 1. The standard InChI is InChI=1S/C14H18N6O2/c1-10(14-17-16-9-20(14)6-7-21-2)15-8-11-4-3-5-12-13(11)19-22-18-12/h3-5,9-10,15H,6-8H2,1-2H3. The molecule has 116 valence electrons. The molecule has 0 spiro atoms. The average Bonchev–Trinajstić information content (AvgIpc) is 3.19. The van der Waals surface area contributed by atoms with Gasteiger partial charge >= 0.3 is 0 Å². The molecule has 22 heavy (non-hydrogen) atoms. The summed E-state index contributed by atoms with van der Waals surface area (Å²) in [6.07, 6.45) is 1.72. The Morgan fingerprint density at radius 1 is 1.36 bits per heavy atom. The molecule has 1 N–H and O–H groups in total. The van der Waals surface area contributed by atoms with Gasteiger partial charge in [0.25, 0.3) is 0 Å². The first-order chi connectivity index (χ1) is 10.8. The van der Waals surface area contributed by atoms with Gasteiger partial charge in [0, 0.05) is 20.2 Å². The van der Waals surface area contributed by atoms with Crippen molar-refractivity contribution < 1.29 is 9.37 Å². The third-order valence-electron chi connectivity index (χ3n) is 3.54. The minimum Gasteiger partial charge on any atom is -0.383 e. The molecule has 0 radical (unpaired) electrons. The fourth-order valence-electron chi connectivity index (χ4n) is 2.32. The molecule has 1 aromatic carbocycles. The Balaban J connectivity index is 1.68. The lowest BCUT2D eigenvalue weighted by atomic mass is 10.1. The monoisotopic (exact) mass is 302 g/mol. The first-order valence-electron chi connectivity index (χ1n) is 7.09. The van der Waals surface area contributed by atoms with Gasteiger partial charge in [-0.25, -0.2) is 4.63 Å². The number of rotatable bonds is 7. The van der Waals surface area contributed by atoms with Gasteiger partial charge in [0.15, 0.2) is 0 Å². The highest BCUT2D eigenvalue weighted by Crippen LogP contribution is 2.16. The first kappa shape index (κ1) is 14.6. The molecule has 0 aliphatic heterocycles. The number of nitrogens with one attached hydrogen (secondary N) is 1. The van der Waals surface area contributed by atoms with E-state index in [0.717, 1.165) is 29.0 Å². The molecule has 8 nitrogen and oxygen atoms in total. The van der Waals surface area contributed by atoms with Crippen LogP contribution in [-0.4, -0.2) is 38.8 Å². The molecule has 0 fully saturated rings. The van der Waals surface area contributed by atoms with Gasteiger partial charge in [0.1, 0.15) is 23.2 Å². The summed E-state index contributed by atoms with van der Waals surface area (Å²) in [7, 11) is 1.68. The van der Waals surface area contributed by atoms with Gasteiger partial charge in [-0.05, 0) is 28.9 Å². The predicted molar refractivity (Wildman–Crippen MR) is 79.0 cm³/mol. The molecule has 1 unspecified atom stereocenters. The van der Waals surface area contributed by atoms with Crippen LogP contribution in [0.15, 0.2) is 29.2 Å². The van der Waals surface area contributed by atoms with Gasteiger partial charge in [-0.2, -0.15) is 0 Å². The van der Waals surface area contributed by atoms with Crippen LogP contribution < -0.4 is 5.32 Å². The Labute approximate surface area is 127 Å². The molecular formula is C14H18N6O2. The number of hydrogen-bond acceptors (Lipinski definition) is 7. The summed E-state index contributed by atoms with van der Waals surface area (Å²) in [4.78, 5) is 0. The number of methoxy groups -OCH3 is 1. The van der Waals surface area contributed by atoms with Crippen molar-refractivity contribution in [1.29, 1.82) is 0 Å². The Morgan fingerprint density at radius 2 is 2.27 bits per heavy atom. The maximum Gasteiger partial charge on any atom is 0.149 e. The maximum atomic E-state index is 5.10. The maximum absolute atomic E-state index is 5.10. The summed E-state index contributed by atoms with van der Waals surface area (Å²) < 4.78 is 11.9. The summed E-state index contributed by atoms with van der Waals surface area (Å²) in [5.41, 5.74) is 2.58. The molecule has 0 bridgehead atoms. The number of hydrogen-bond donors (Lipinski definition) is 1. The molecule has 0 aliphatic rings. The van der Waals surface area contributed by atoms with Crippen LogP contribution >= 0.6 is 0 Å². The highest BCUT2D eigenvalue weighted by atomic mass is 16.6. The topological polar surface area (TPSA) is 90.9 Å². The van der Waals surface area contributed by atoms with Gasteiger partial charge in [0.2, 0.25) is 0 Å². The van der Waals surface area contributed by atoms with E-state index >= 15 is 0 Å². The summed E-state index contributed by atoms with van der Waals surface area (Å²) in [5.74, 6) is 0.877. The van der Waals surface area contributed by atoms with Gasteiger partial charge in [0.05, 0.1) is 12.6 Å². The fourth-order valence-corrected chi connectivity index (χ4v) is 2.32.